The second-order valence-corrected chi connectivity index (χ2v) is 4.52. The molecule has 1 rings (SSSR count). The summed E-state index contributed by atoms with van der Waals surface area (Å²) in [5, 5.41) is 0. The highest BCUT2D eigenvalue weighted by Crippen LogP contribution is 2.21. The van der Waals surface area contributed by atoms with Crippen molar-refractivity contribution in [2.45, 2.75) is 6.42 Å². The third-order valence-electron chi connectivity index (χ3n) is 2.37. The number of halogens is 2. The molecule has 0 saturated heterocycles. The van der Waals surface area contributed by atoms with E-state index < -0.39 is 5.82 Å². The van der Waals surface area contributed by atoms with Gasteiger partial charge in [-0.2, -0.15) is 0 Å². The van der Waals surface area contributed by atoms with Crippen LogP contribution in [-0.2, 0) is 4.74 Å². The molecule has 0 N–H and O–H groups in total. The highest BCUT2D eigenvalue weighted by atomic mass is 79.9. The molecule has 17 heavy (non-hydrogen) atoms. The Labute approximate surface area is 109 Å². The van der Waals surface area contributed by atoms with Gasteiger partial charge in [-0.25, -0.2) is 4.39 Å². The number of hydrogen-bond donors (Lipinski definition) is 0. The monoisotopic (exact) mass is 303 g/mol. The summed E-state index contributed by atoms with van der Waals surface area (Å²) in [6.45, 7) is 1.11. The number of benzene rings is 1. The molecule has 0 aliphatic rings. The summed E-state index contributed by atoms with van der Waals surface area (Å²) in [6, 6.07) is 4.49. The lowest BCUT2D eigenvalue weighted by Crippen LogP contribution is -2.29. The first-order valence-electron chi connectivity index (χ1n) is 5.26. The van der Waals surface area contributed by atoms with Crippen LogP contribution in [0.1, 0.15) is 16.8 Å². The van der Waals surface area contributed by atoms with Gasteiger partial charge in [-0.15, -0.1) is 0 Å². The van der Waals surface area contributed by atoms with Crippen LogP contribution < -0.4 is 0 Å². The fourth-order valence-corrected chi connectivity index (χ4v) is 1.95. The molecule has 0 atom stereocenters. The number of nitrogens with zero attached hydrogens (tertiary/aromatic N) is 1. The minimum absolute atomic E-state index is 0.0763. The molecular weight excluding hydrogens is 289 g/mol. The number of carbonyl (C=O) groups is 1. The zero-order valence-corrected chi connectivity index (χ0v) is 11.5. The van der Waals surface area contributed by atoms with Gasteiger partial charge in [-0.3, -0.25) is 4.79 Å². The van der Waals surface area contributed by atoms with Crippen LogP contribution in [-0.4, -0.2) is 38.1 Å². The number of carbonyl (C=O) groups excluding carboxylic acids is 1. The van der Waals surface area contributed by atoms with Gasteiger partial charge < -0.3 is 9.64 Å². The average molecular weight is 304 g/mol. The van der Waals surface area contributed by atoms with E-state index in [0.29, 0.717) is 17.6 Å². The first-order valence-corrected chi connectivity index (χ1v) is 6.05. The van der Waals surface area contributed by atoms with Crippen LogP contribution in [0.5, 0.6) is 0 Å². The Balaban J connectivity index is 2.75. The van der Waals surface area contributed by atoms with Crippen LogP contribution in [0.15, 0.2) is 22.7 Å². The van der Waals surface area contributed by atoms with Crippen molar-refractivity contribution in [3.05, 3.63) is 34.1 Å². The van der Waals surface area contributed by atoms with E-state index in [1.54, 1.807) is 26.3 Å². The molecule has 0 fully saturated rings. The Morgan fingerprint density at radius 2 is 2.24 bits per heavy atom. The predicted octanol–water partition coefficient (Wildman–Crippen LogP) is 2.70. The Bertz CT molecular complexity index is 378. The van der Waals surface area contributed by atoms with Crippen molar-refractivity contribution in [3.63, 3.8) is 0 Å². The van der Waals surface area contributed by atoms with Crippen LogP contribution in [0.25, 0.3) is 0 Å². The van der Waals surface area contributed by atoms with E-state index in [9.17, 15) is 9.18 Å². The van der Waals surface area contributed by atoms with Crippen LogP contribution in [0.4, 0.5) is 4.39 Å². The summed E-state index contributed by atoms with van der Waals surface area (Å²) in [6.07, 6.45) is 0.727. The van der Waals surface area contributed by atoms with Gasteiger partial charge >= 0.3 is 0 Å². The molecule has 0 radical (unpaired) electrons. The Morgan fingerprint density at radius 3 is 2.82 bits per heavy atom. The molecule has 0 spiro atoms. The van der Waals surface area contributed by atoms with Gasteiger partial charge in [0.2, 0.25) is 0 Å². The van der Waals surface area contributed by atoms with Crippen molar-refractivity contribution in [1.82, 2.24) is 4.90 Å². The molecule has 5 heteroatoms. The van der Waals surface area contributed by atoms with Gasteiger partial charge in [0.05, 0.1) is 5.56 Å². The number of ether oxygens (including phenoxy) is 1. The zero-order chi connectivity index (χ0) is 12.8. The molecule has 0 aliphatic heterocycles. The lowest BCUT2D eigenvalue weighted by atomic mass is 10.2. The molecule has 0 unspecified atom stereocenters. The molecule has 94 valence electrons. The Morgan fingerprint density at radius 1 is 1.53 bits per heavy atom. The highest BCUT2D eigenvalue weighted by molar-refractivity contribution is 9.10. The summed E-state index contributed by atoms with van der Waals surface area (Å²) < 4.78 is 18.9. The van der Waals surface area contributed by atoms with Gasteiger partial charge in [-0.1, -0.05) is 6.07 Å². The molecule has 1 aromatic carbocycles. The minimum atomic E-state index is -0.511. The van der Waals surface area contributed by atoms with E-state index >= 15 is 0 Å². The van der Waals surface area contributed by atoms with E-state index in [4.69, 9.17) is 4.74 Å². The molecule has 0 aromatic heterocycles. The third-order valence-corrected chi connectivity index (χ3v) is 3.03. The molecule has 0 heterocycles. The number of hydrogen-bond acceptors (Lipinski definition) is 2. The fraction of sp³-hybridized carbons (Fsp3) is 0.417. The highest BCUT2D eigenvalue weighted by Gasteiger charge is 2.18. The van der Waals surface area contributed by atoms with Crippen molar-refractivity contribution in [1.29, 1.82) is 0 Å². The van der Waals surface area contributed by atoms with Crippen molar-refractivity contribution in [2.75, 3.05) is 27.3 Å². The quantitative estimate of drug-likeness (QED) is 0.783. The van der Waals surface area contributed by atoms with E-state index in [0.717, 1.165) is 6.42 Å². The molecule has 0 aliphatic carbocycles. The van der Waals surface area contributed by atoms with E-state index in [1.807, 2.05) is 0 Å². The van der Waals surface area contributed by atoms with Gasteiger partial charge in [0.15, 0.2) is 0 Å². The summed E-state index contributed by atoms with van der Waals surface area (Å²) in [5.74, 6) is -0.839. The summed E-state index contributed by atoms with van der Waals surface area (Å²) in [7, 11) is 3.26. The molecule has 0 bridgehead atoms. The molecule has 1 aromatic rings. The summed E-state index contributed by atoms with van der Waals surface area (Å²) in [5.41, 5.74) is 0.0763. The Hall–Kier alpha value is -0.940. The smallest absolute Gasteiger partial charge is 0.257 e. The SMILES string of the molecule is COCCCN(C)C(=O)c1c(F)cccc1Br. The van der Waals surface area contributed by atoms with Crippen LogP contribution in [0.2, 0.25) is 0 Å². The predicted molar refractivity (Wildman–Crippen MR) is 67.6 cm³/mol. The van der Waals surface area contributed by atoms with Crippen LogP contribution in [0.3, 0.4) is 0 Å². The summed E-state index contributed by atoms with van der Waals surface area (Å²) in [4.78, 5) is 13.5. The second-order valence-electron chi connectivity index (χ2n) is 3.67. The normalized spacial score (nSPS) is 10.4. The number of rotatable bonds is 5. The van der Waals surface area contributed by atoms with E-state index in [1.165, 1.54) is 11.0 Å². The first kappa shape index (κ1) is 14.1. The van der Waals surface area contributed by atoms with Gasteiger partial charge in [0.25, 0.3) is 5.91 Å². The topological polar surface area (TPSA) is 29.5 Å². The maximum atomic E-state index is 13.5. The lowest BCUT2D eigenvalue weighted by molar-refractivity contribution is 0.0774. The molecule has 1 amide bonds. The number of amides is 1. The number of methoxy groups -OCH3 is 1. The van der Waals surface area contributed by atoms with Gasteiger partial charge in [0, 0.05) is 31.8 Å². The molecule has 0 saturated carbocycles. The van der Waals surface area contributed by atoms with Crippen molar-refractivity contribution in [3.8, 4) is 0 Å². The molecule has 3 nitrogen and oxygen atoms in total. The molecular formula is C12H15BrFNO2. The first-order chi connectivity index (χ1) is 8.07. The standard InChI is InChI=1S/C12H15BrFNO2/c1-15(7-4-8-17-2)12(16)11-9(13)5-3-6-10(11)14/h3,5-6H,4,7-8H2,1-2H3. The average Bonchev–Trinajstić information content (AvgIpc) is 2.28. The van der Waals surface area contributed by atoms with Crippen molar-refractivity contribution < 1.29 is 13.9 Å². The maximum absolute atomic E-state index is 13.5. The minimum Gasteiger partial charge on any atom is -0.385 e. The fourth-order valence-electron chi connectivity index (χ4n) is 1.44. The maximum Gasteiger partial charge on any atom is 0.257 e. The largest absolute Gasteiger partial charge is 0.385 e. The van der Waals surface area contributed by atoms with E-state index in [2.05, 4.69) is 15.9 Å². The third kappa shape index (κ3) is 3.78. The lowest BCUT2D eigenvalue weighted by Gasteiger charge is -2.18. The zero-order valence-electron chi connectivity index (χ0n) is 9.87. The van der Waals surface area contributed by atoms with Crippen molar-refractivity contribution >= 4 is 21.8 Å². The van der Waals surface area contributed by atoms with Crippen molar-refractivity contribution in [2.24, 2.45) is 0 Å². The van der Waals surface area contributed by atoms with Crippen LogP contribution >= 0.6 is 15.9 Å². The summed E-state index contributed by atoms with van der Waals surface area (Å²) >= 11 is 3.19. The van der Waals surface area contributed by atoms with E-state index in [-0.39, 0.29) is 11.5 Å². The second kappa shape index (κ2) is 6.71. The van der Waals surface area contributed by atoms with Crippen LogP contribution in [0, 0.1) is 5.82 Å². The Kier molecular flexibility index (Phi) is 5.58. The van der Waals surface area contributed by atoms with Gasteiger partial charge in [0.1, 0.15) is 5.82 Å². The van der Waals surface area contributed by atoms with Gasteiger partial charge in [-0.05, 0) is 34.5 Å².